The summed E-state index contributed by atoms with van der Waals surface area (Å²) in [6, 6.07) is 5.94. The van der Waals surface area contributed by atoms with E-state index >= 15 is 0 Å². The minimum absolute atomic E-state index is 0. The number of carbonyl (C=O) groups is 1. The molecule has 1 amide bonds. The Balaban J connectivity index is 0.00000240. The Labute approximate surface area is 176 Å². The molecular weight excluding hydrogens is 394 g/mol. The van der Waals surface area contributed by atoms with Crippen LogP contribution in [0, 0.1) is 0 Å². The molecule has 3 heterocycles. The first-order valence-electron chi connectivity index (χ1n) is 9.68. The van der Waals surface area contributed by atoms with Gasteiger partial charge in [-0.2, -0.15) is 5.10 Å². The minimum Gasteiger partial charge on any atom is -0.497 e. The fourth-order valence-corrected chi connectivity index (χ4v) is 3.88. The first-order valence-corrected chi connectivity index (χ1v) is 9.68. The van der Waals surface area contributed by atoms with Crippen molar-refractivity contribution in [2.45, 2.75) is 19.5 Å². The van der Waals surface area contributed by atoms with Crippen LogP contribution in [0.4, 0.5) is 0 Å². The summed E-state index contributed by atoms with van der Waals surface area (Å²) < 4.78 is 10.7. The van der Waals surface area contributed by atoms with E-state index in [0.717, 1.165) is 60.9 Å². The summed E-state index contributed by atoms with van der Waals surface area (Å²) in [5.74, 6) is 1.61. The van der Waals surface area contributed by atoms with E-state index in [4.69, 9.17) is 9.47 Å². The maximum Gasteiger partial charge on any atom is 0.274 e. The number of fused-ring (bicyclic) bond motifs is 1. The van der Waals surface area contributed by atoms with Gasteiger partial charge < -0.3 is 19.7 Å². The number of H-pyrrole nitrogens is 1. The van der Waals surface area contributed by atoms with Gasteiger partial charge in [-0.1, -0.05) is 0 Å². The van der Waals surface area contributed by atoms with Crippen LogP contribution in [0.2, 0.25) is 0 Å². The van der Waals surface area contributed by atoms with Crippen LogP contribution in [0.25, 0.3) is 0 Å². The molecule has 0 saturated carbocycles. The second-order valence-electron chi connectivity index (χ2n) is 7.25. The lowest BCUT2D eigenvalue weighted by atomic mass is 10.1. The average Bonchev–Trinajstić information content (AvgIpc) is 3.17. The van der Waals surface area contributed by atoms with Crippen LogP contribution in [0.1, 0.15) is 27.3 Å². The summed E-state index contributed by atoms with van der Waals surface area (Å²) in [6.45, 7) is 5.51. The Kier molecular flexibility index (Phi) is 7.00. The quantitative estimate of drug-likeness (QED) is 0.760. The van der Waals surface area contributed by atoms with E-state index in [1.807, 2.05) is 23.1 Å². The number of nitrogens with zero attached hydrogens (tertiary/aromatic N) is 3. The number of carbonyl (C=O) groups excluding carboxylic acids is 1. The Hall–Kier alpha value is -2.29. The number of piperazine rings is 1. The van der Waals surface area contributed by atoms with Crippen molar-refractivity contribution in [3.05, 3.63) is 40.7 Å². The fourth-order valence-electron chi connectivity index (χ4n) is 3.88. The van der Waals surface area contributed by atoms with E-state index in [-0.39, 0.29) is 18.3 Å². The first kappa shape index (κ1) is 21.4. The van der Waals surface area contributed by atoms with Gasteiger partial charge in [-0.15, -0.1) is 12.4 Å². The molecule has 4 rings (SSSR count). The van der Waals surface area contributed by atoms with Crippen molar-refractivity contribution >= 4 is 18.3 Å². The molecule has 0 spiro atoms. The summed E-state index contributed by atoms with van der Waals surface area (Å²) in [5, 5.41) is 10.7. The van der Waals surface area contributed by atoms with E-state index in [0.29, 0.717) is 25.3 Å². The lowest BCUT2D eigenvalue weighted by molar-refractivity contribution is 0.0621. The molecule has 0 aliphatic carbocycles. The molecule has 2 aromatic rings. The molecule has 1 aromatic heterocycles. The van der Waals surface area contributed by atoms with E-state index in [9.17, 15) is 4.79 Å². The largest absolute Gasteiger partial charge is 0.497 e. The van der Waals surface area contributed by atoms with Gasteiger partial charge in [0.25, 0.3) is 5.91 Å². The normalized spacial score (nSPS) is 16.7. The highest BCUT2D eigenvalue weighted by Crippen LogP contribution is 2.24. The molecule has 2 aliphatic heterocycles. The summed E-state index contributed by atoms with van der Waals surface area (Å²) in [5.41, 5.74) is 3.84. The number of methoxy groups -OCH3 is 2. The van der Waals surface area contributed by atoms with Crippen molar-refractivity contribution in [1.29, 1.82) is 0 Å². The van der Waals surface area contributed by atoms with Gasteiger partial charge in [-0.3, -0.25) is 14.8 Å². The van der Waals surface area contributed by atoms with Crippen LogP contribution in [0.15, 0.2) is 18.2 Å². The van der Waals surface area contributed by atoms with Crippen LogP contribution >= 0.6 is 12.4 Å². The van der Waals surface area contributed by atoms with Crippen molar-refractivity contribution in [1.82, 2.24) is 25.3 Å². The van der Waals surface area contributed by atoms with Crippen LogP contribution in [-0.4, -0.2) is 72.8 Å². The highest BCUT2D eigenvalue weighted by Gasteiger charge is 2.28. The third kappa shape index (κ3) is 4.66. The monoisotopic (exact) mass is 421 g/mol. The van der Waals surface area contributed by atoms with Crippen molar-refractivity contribution in [3.63, 3.8) is 0 Å². The number of halogens is 1. The number of aromatic nitrogens is 2. The molecule has 8 nitrogen and oxygen atoms in total. The van der Waals surface area contributed by atoms with E-state index < -0.39 is 0 Å². The number of benzene rings is 1. The lowest BCUT2D eigenvalue weighted by Crippen LogP contribution is -2.48. The Morgan fingerprint density at radius 2 is 1.79 bits per heavy atom. The second kappa shape index (κ2) is 9.47. The summed E-state index contributed by atoms with van der Waals surface area (Å²) >= 11 is 0. The SMILES string of the molecule is COc1cc(CN2CCN(C(=O)c3n[nH]c4c3CNCC4)CC2)cc(OC)c1.Cl. The van der Waals surface area contributed by atoms with Gasteiger partial charge in [0.05, 0.1) is 14.2 Å². The van der Waals surface area contributed by atoms with Gasteiger partial charge in [0, 0.05) is 69.6 Å². The Morgan fingerprint density at radius 1 is 1.10 bits per heavy atom. The lowest BCUT2D eigenvalue weighted by Gasteiger charge is -2.34. The number of amides is 1. The van der Waals surface area contributed by atoms with Gasteiger partial charge in [0.1, 0.15) is 11.5 Å². The number of hydrogen-bond donors (Lipinski definition) is 2. The smallest absolute Gasteiger partial charge is 0.274 e. The Morgan fingerprint density at radius 3 is 2.45 bits per heavy atom. The zero-order valence-corrected chi connectivity index (χ0v) is 17.7. The highest BCUT2D eigenvalue weighted by atomic mass is 35.5. The third-order valence-corrected chi connectivity index (χ3v) is 5.49. The predicted octanol–water partition coefficient (Wildman–Crippen LogP) is 1.45. The average molecular weight is 422 g/mol. The van der Waals surface area contributed by atoms with Gasteiger partial charge in [-0.25, -0.2) is 0 Å². The van der Waals surface area contributed by atoms with Crippen LogP contribution in [0.5, 0.6) is 11.5 Å². The molecule has 0 bridgehead atoms. The molecule has 0 unspecified atom stereocenters. The molecule has 2 N–H and O–H groups in total. The first-order chi connectivity index (χ1) is 13.7. The van der Waals surface area contributed by atoms with Crippen molar-refractivity contribution in [3.8, 4) is 11.5 Å². The standard InChI is InChI=1S/C20H27N5O3.ClH/c1-27-15-9-14(10-16(11-15)28-2)13-24-5-7-25(8-6-24)20(26)19-17-12-21-4-3-18(17)22-23-19;/h9-11,21H,3-8,12-13H2,1-2H3,(H,22,23);1H. The summed E-state index contributed by atoms with van der Waals surface area (Å²) in [4.78, 5) is 17.2. The van der Waals surface area contributed by atoms with Crippen LogP contribution < -0.4 is 14.8 Å². The summed E-state index contributed by atoms with van der Waals surface area (Å²) in [7, 11) is 3.32. The summed E-state index contributed by atoms with van der Waals surface area (Å²) in [6.07, 6.45) is 0.896. The minimum atomic E-state index is 0. The van der Waals surface area contributed by atoms with Crippen molar-refractivity contribution < 1.29 is 14.3 Å². The van der Waals surface area contributed by atoms with Crippen LogP contribution in [0.3, 0.4) is 0 Å². The molecule has 0 atom stereocenters. The molecular formula is C20H28ClN5O3. The highest BCUT2D eigenvalue weighted by molar-refractivity contribution is 5.94. The molecule has 158 valence electrons. The number of rotatable bonds is 5. The fraction of sp³-hybridized carbons (Fsp3) is 0.500. The predicted molar refractivity (Wildman–Crippen MR) is 112 cm³/mol. The number of aromatic amines is 1. The second-order valence-corrected chi connectivity index (χ2v) is 7.25. The Bertz CT molecular complexity index is 826. The number of ether oxygens (including phenoxy) is 2. The molecule has 1 fully saturated rings. The van der Waals surface area contributed by atoms with E-state index in [1.54, 1.807) is 14.2 Å². The van der Waals surface area contributed by atoms with Gasteiger partial charge in [0.15, 0.2) is 5.69 Å². The number of nitrogens with one attached hydrogen (secondary N) is 2. The molecule has 0 radical (unpaired) electrons. The van der Waals surface area contributed by atoms with Gasteiger partial charge in [0.2, 0.25) is 0 Å². The van der Waals surface area contributed by atoms with E-state index in [2.05, 4.69) is 20.4 Å². The maximum atomic E-state index is 12.9. The molecule has 29 heavy (non-hydrogen) atoms. The molecule has 1 saturated heterocycles. The zero-order chi connectivity index (χ0) is 19.5. The van der Waals surface area contributed by atoms with Crippen LogP contribution in [-0.2, 0) is 19.5 Å². The van der Waals surface area contributed by atoms with Crippen molar-refractivity contribution in [2.24, 2.45) is 0 Å². The molecule has 9 heteroatoms. The van der Waals surface area contributed by atoms with E-state index in [1.165, 1.54) is 0 Å². The topological polar surface area (TPSA) is 82.7 Å². The molecule has 1 aromatic carbocycles. The zero-order valence-electron chi connectivity index (χ0n) is 16.9. The number of hydrogen-bond acceptors (Lipinski definition) is 6. The van der Waals surface area contributed by atoms with Crippen molar-refractivity contribution in [2.75, 3.05) is 46.9 Å². The maximum absolute atomic E-state index is 12.9. The third-order valence-electron chi connectivity index (χ3n) is 5.49. The van der Waals surface area contributed by atoms with Gasteiger partial charge >= 0.3 is 0 Å². The molecule has 2 aliphatic rings. The van der Waals surface area contributed by atoms with Gasteiger partial charge in [-0.05, 0) is 17.7 Å².